The molecule has 0 aliphatic rings. The SMILES string of the molecule is CC(C)(C)c1ccc(-c2c(-c3ccc(Oc4ccccc4)cc3)c(-c3ccccc3)c(Cl)c([N+](=O)[O-])c2-c2ccc(C(F)(F)F)cc2)cc1. The van der Waals surface area contributed by atoms with Crippen molar-refractivity contribution in [1.29, 1.82) is 0 Å². The summed E-state index contributed by atoms with van der Waals surface area (Å²) in [7, 11) is 0. The molecule has 0 fully saturated rings. The van der Waals surface area contributed by atoms with Crippen LogP contribution in [0.5, 0.6) is 11.5 Å². The molecule has 0 aliphatic heterocycles. The van der Waals surface area contributed by atoms with E-state index in [2.05, 4.69) is 20.8 Å². The highest BCUT2D eigenvalue weighted by Crippen LogP contribution is 2.54. The minimum absolute atomic E-state index is 0.117. The van der Waals surface area contributed by atoms with Crippen LogP contribution in [0.2, 0.25) is 5.02 Å². The van der Waals surface area contributed by atoms with Gasteiger partial charge >= 0.3 is 6.18 Å². The Bertz CT molecular complexity index is 2110. The molecule has 0 aliphatic carbocycles. The lowest BCUT2D eigenvalue weighted by molar-refractivity contribution is -0.383. The van der Waals surface area contributed by atoms with Crippen molar-refractivity contribution in [3.63, 3.8) is 0 Å². The summed E-state index contributed by atoms with van der Waals surface area (Å²) in [4.78, 5) is 12.4. The van der Waals surface area contributed by atoms with Crippen molar-refractivity contribution in [3.8, 4) is 56.0 Å². The molecule has 0 saturated heterocycles. The molecule has 0 radical (unpaired) electrons. The van der Waals surface area contributed by atoms with Gasteiger partial charge in [0.05, 0.1) is 16.1 Å². The van der Waals surface area contributed by atoms with E-state index >= 15 is 0 Å². The van der Waals surface area contributed by atoms with E-state index in [1.54, 1.807) is 12.1 Å². The fraction of sp³-hybridized carbons (Fsp3) is 0.122. The number of ether oxygens (including phenoxy) is 1. The van der Waals surface area contributed by atoms with Crippen LogP contribution in [0.15, 0.2) is 133 Å². The molecule has 4 nitrogen and oxygen atoms in total. The minimum atomic E-state index is -4.58. The van der Waals surface area contributed by atoms with Crippen LogP contribution in [-0.2, 0) is 11.6 Å². The molecular formula is C41H31ClF3NO3. The topological polar surface area (TPSA) is 52.4 Å². The van der Waals surface area contributed by atoms with Crippen molar-refractivity contribution in [1.82, 2.24) is 0 Å². The largest absolute Gasteiger partial charge is 0.457 e. The predicted octanol–water partition coefficient (Wildman–Crippen LogP) is 13.0. The molecule has 0 heterocycles. The van der Waals surface area contributed by atoms with Gasteiger partial charge in [0.1, 0.15) is 16.5 Å². The second-order valence-electron chi connectivity index (χ2n) is 12.6. The van der Waals surface area contributed by atoms with Gasteiger partial charge in [-0.1, -0.05) is 129 Å². The van der Waals surface area contributed by atoms with Gasteiger partial charge in [0.2, 0.25) is 0 Å². The Labute approximate surface area is 287 Å². The van der Waals surface area contributed by atoms with Crippen LogP contribution in [0.4, 0.5) is 18.9 Å². The quantitative estimate of drug-likeness (QED) is 0.125. The molecule has 246 valence electrons. The molecule has 49 heavy (non-hydrogen) atoms. The van der Waals surface area contributed by atoms with Gasteiger partial charge in [-0.3, -0.25) is 10.1 Å². The molecule has 0 bridgehead atoms. The number of para-hydroxylation sites is 1. The Morgan fingerprint density at radius 2 is 0.959 bits per heavy atom. The summed E-state index contributed by atoms with van der Waals surface area (Å²) >= 11 is 7.09. The van der Waals surface area contributed by atoms with Gasteiger partial charge in [0, 0.05) is 11.1 Å². The molecule has 6 aromatic rings. The molecular weight excluding hydrogens is 647 g/mol. The van der Waals surface area contributed by atoms with Crippen molar-refractivity contribution in [2.24, 2.45) is 0 Å². The van der Waals surface area contributed by atoms with Gasteiger partial charge in [-0.05, 0) is 75.2 Å². The van der Waals surface area contributed by atoms with Crippen LogP contribution < -0.4 is 4.74 Å². The smallest absolute Gasteiger partial charge is 0.416 e. The summed E-state index contributed by atoms with van der Waals surface area (Å²) in [5.41, 5.74) is 3.39. The normalized spacial score (nSPS) is 11.7. The van der Waals surface area contributed by atoms with E-state index in [4.69, 9.17) is 16.3 Å². The maximum absolute atomic E-state index is 13.6. The third kappa shape index (κ3) is 6.94. The summed E-state index contributed by atoms with van der Waals surface area (Å²) in [5.74, 6) is 1.23. The number of alkyl halides is 3. The summed E-state index contributed by atoms with van der Waals surface area (Å²) < 4.78 is 46.9. The zero-order valence-electron chi connectivity index (χ0n) is 26.9. The van der Waals surface area contributed by atoms with Gasteiger partial charge in [0.15, 0.2) is 0 Å². The first-order valence-corrected chi connectivity index (χ1v) is 15.9. The highest BCUT2D eigenvalue weighted by molar-refractivity contribution is 6.38. The van der Waals surface area contributed by atoms with Gasteiger partial charge < -0.3 is 4.74 Å². The van der Waals surface area contributed by atoms with Crippen LogP contribution in [-0.4, -0.2) is 4.92 Å². The summed E-state index contributed by atoms with van der Waals surface area (Å²) in [6, 6.07) is 37.9. The molecule has 0 aromatic heterocycles. The van der Waals surface area contributed by atoms with Crippen LogP contribution in [0.25, 0.3) is 44.5 Å². The minimum Gasteiger partial charge on any atom is -0.457 e. The van der Waals surface area contributed by atoms with Gasteiger partial charge in [0.25, 0.3) is 5.69 Å². The lowest BCUT2D eigenvalue weighted by Crippen LogP contribution is -2.10. The Morgan fingerprint density at radius 1 is 0.551 bits per heavy atom. The van der Waals surface area contributed by atoms with E-state index in [1.165, 1.54) is 12.1 Å². The highest BCUT2D eigenvalue weighted by Gasteiger charge is 2.34. The third-order valence-corrected chi connectivity index (χ3v) is 8.69. The average Bonchev–Trinajstić information content (AvgIpc) is 3.08. The second-order valence-corrected chi connectivity index (χ2v) is 13.0. The number of rotatable bonds is 7. The van der Waals surface area contributed by atoms with E-state index in [1.807, 2.05) is 97.1 Å². The molecule has 0 unspecified atom stereocenters. The summed E-state index contributed by atoms with van der Waals surface area (Å²) in [6.07, 6.45) is -4.58. The molecule has 6 rings (SSSR count). The Hall–Kier alpha value is -5.40. The van der Waals surface area contributed by atoms with Crippen molar-refractivity contribution in [2.45, 2.75) is 32.4 Å². The van der Waals surface area contributed by atoms with E-state index in [0.717, 1.165) is 17.7 Å². The average molecular weight is 678 g/mol. The number of benzene rings is 6. The molecule has 0 amide bonds. The van der Waals surface area contributed by atoms with Crippen molar-refractivity contribution in [2.75, 3.05) is 0 Å². The third-order valence-electron chi connectivity index (χ3n) is 8.32. The van der Waals surface area contributed by atoms with Gasteiger partial charge in [-0.15, -0.1) is 0 Å². The zero-order valence-corrected chi connectivity index (χ0v) is 27.6. The number of nitro benzene ring substituents is 1. The number of hydrogen-bond acceptors (Lipinski definition) is 3. The lowest BCUT2D eigenvalue weighted by atomic mass is 9.80. The zero-order chi connectivity index (χ0) is 34.9. The standard InChI is InChI=1S/C41H31ClF3NO3/c1-40(2,3)30-20-14-27(15-21-30)35-34(28-18-24-33(25-19-28)49-32-12-8-5-9-13-32)36(26-10-6-4-7-11-26)38(42)39(46(47)48)37(35)29-16-22-31(23-17-29)41(43,44)45/h4-25H,1-3H3. The number of nitro groups is 1. The number of hydrogen-bond donors (Lipinski definition) is 0. The Morgan fingerprint density at radius 3 is 1.45 bits per heavy atom. The molecule has 8 heteroatoms. The molecule has 0 spiro atoms. The number of halogens is 4. The van der Waals surface area contributed by atoms with E-state index in [-0.39, 0.29) is 21.6 Å². The first-order valence-electron chi connectivity index (χ1n) is 15.5. The second kappa shape index (κ2) is 13.2. The Balaban J connectivity index is 1.71. The molecule has 0 saturated carbocycles. The van der Waals surface area contributed by atoms with Gasteiger partial charge in [-0.2, -0.15) is 13.2 Å². The van der Waals surface area contributed by atoms with E-state index in [9.17, 15) is 23.3 Å². The first-order chi connectivity index (χ1) is 23.3. The monoisotopic (exact) mass is 677 g/mol. The predicted molar refractivity (Wildman–Crippen MR) is 190 cm³/mol. The van der Waals surface area contributed by atoms with Crippen LogP contribution in [0.3, 0.4) is 0 Å². The van der Waals surface area contributed by atoms with E-state index < -0.39 is 22.4 Å². The molecule has 6 aromatic carbocycles. The summed E-state index contributed by atoms with van der Waals surface area (Å²) in [6.45, 7) is 6.25. The Kier molecular flexibility index (Phi) is 9.06. The summed E-state index contributed by atoms with van der Waals surface area (Å²) in [5, 5.41) is 12.9. The molecule has 0 atom stereocenters. The fourth-order valence-corrected chi connectivity index (χ4v) is 6.26. The van der Waals surface area contributed by atoms with Crippen molar-refractivity contribution < 1.29 is 22.8 Å². The van der Waals surface area contributed by atoms with Crippen LogP contribution in [0, 0.1) is 10.1 Å². The van der Waals surface area contributed by atoms with Crippen molar-refractivity contribution in [3.05, 3.63) is 160 Å². The van der Waals surface area contributed by atoms with Crippen molar-refractivity contribution >= 4 is 17.3 Å². The highest BCUT2D eigenvalue weighted by atomic mass is 35.5. The maximum atomic E-state index is 13.6. The lowest BCUT2D eigenvalue weighted by Gasteiger charge is -2.24. The van der Waals surface area contributed by atoms with E-state index in [0.29, 0.717) is 44.9 Å². The first kappa shape index (κ1) is 33.5. The maximum Gasteiger partial charge on any atom is 0.416 e. The number of nitrogens with zero attached hydrogens (tertiary/aromatic N) is 1. The van der Waals surface area contributed by atoms with Crippen LogP contribution >= 0.6 is 11.6 Å². The van der Waals surface area contributed by atoms with Gasteiger partial charge in [-0.25, -0.2) is 0 Å². The van der Waals surface area contributed by atoms with Crippen LogP contribution in [0.1, 0.15) is 31.9 Å². The molecule has 0 N–H and O–H groups in total. The fourth-order valence-electron chi connectivity index (χ4n) is 5.89.